The van der Waals surface area contributed by atoms with Gasteiger partial charge in [-0.3, -0.25) is 4.79 Å². The fourth-order valence-corrected chi connectivity index (χ4v) is 4.96. The van der Waals surface area contributed by atoms with E-state index in [1.54, 1.807) is 7.11 Å². The number of aromatic nitrogens is 1. The van der Waals surface area contributed by atoms with Crippen LogP contribution in [-0.4, -0.2) is 50.8 Å². The lowest BCUT2D eigenvalue weighted by molar-refractivity contribution is 0.0954. The molecule has 0 spiro atoms. The first-order valence-electron chi connectivity index (χ1n) is 11.7. The largest absolute Gasteiger partial charge is 0.497 e. The number of fused-ring (bicyclic) bond motifs is 1. The molecule has 1 amide bonds. The molecule has 7 nitrogen and oxygen atoms in total. The summed E-state index contributed by atoms with van der Waals surface area (Å²) in [6, 6.07) is 21.9. The molecule has 0 atom stereocenters. The van der Waals surface area contributed by atoms with Crippen LogP contribution in [0.3, 0.4) is 0 Å². The molecule has 3 aromatic carbocycles. The SMILES string of the molecule is COc1ccc(CCNC(=O)c2ccc3nc(Nc4ccc(N5CCOCC5)cc4)sc3c2)cc1. The normalized spacial score (nSPS) is 13.6. The first-order valence-corrected chi connectivity index (χ1v) is 12.5. The number of thiazole rings is 1. The zero-order valence-electron chi connectivity index (χ0n) is 19.6. The molecule has 1 saturated heterocycles. The predicted molar refractivity (Wildman–Crippen MR) is 141 cm³/mol. The lowest BCUT2D eigenvalue weighted by Gasteiger charge is -2.28. The van der Waals surface area contributed by atoms with Gasteiger partial charge in [0.2, 0.25) is 0 Å². The number of nitrogens with zero attached hydrogens (tertiary/aromatic N) is 2. The van der Waals surface area contributed by atoms with E-state index in [0.29, 0.717) is 12.1 Å². The van der Waals surface area contributed by atoms with E-state index in [2.05, 4.69) is 44.8 Å². The molecule has 2 heterocycles. The Morgan fingerprint density at radius 1 is 1.06 bits per heavy atom. The zero-order valence-corrected chi connectivity index (χ0v) is 20.4. The van der Waals surface area contributed by atoms with E-state index < -0.39 is 0 Å². The number of anilines is 3. The summed E-state index contributed by atoms with van der Waals surface area (Å²) in [4.78, 5) is 19.7. The van der Waals surface area contributed by atoms with E-state index >= 15 is 0 Å². The minimum Gasteiger partial charge on any atom is -0.497 e. The molecule has 0 unspecified atom stereocenters. The molecule has 35 heavy (non-hydrogen) atoms. The van der Waals surface area contributed by atoms with Crippen LogP contribution in [-0.2, 0) is 11.2 Å². The maximum Gasteiger partial charge on any atom is 0.251 e. The summed E-state index contributed by atoms with van der Waals surface area (Å²) in [7, 11) is 1.65. The molecule has 0 saturated carbocycles. The minimum absolute atomic E-state index is 0.0815. The van der Waals surface area contributed by atoms with Crippen LogP contribution in [0.5, 0.6) is 5.75 Å². The number of ether oxygens (including phenoxy) is 2. The number of rotatable bonds is 8. The molecule has 8 heteroatoms. The van der Waals surface area contributed by atoms with Crippen LogP contribution in [0.1, 0.15) is 15.9 Å². The Bertz CT molecular complexity index is 1280. The summed E-state index contributed by atoms with van der Waals surface area (Å²) in [5.74, 6) is 0.747. The molecule has 1 aliphatic heterocycles. The van der Waals surface area contributed by atoms with Crippen molar-refractivity contribution in [1.82, 2.24) is 10.3 Å². The molecule has 1 aromatic heterocycles. The van der Waals surface area contributed by atoms with Crippen molar-refractivity contribution >= 4 is 44.0 Å². The molecular weight excluding hydrogens is 460 g/mol. The Balaban J connectivity index is 1.18. The third-order valence-corrected chi connectivity index (χ3v) is 6.94. The number of benzene rings is 3. The second-order valence-electron chi connectivity index (χ2n) is 8.33. The second-order valence-corrected chi connectivity index (χ2v) is 9.36. The molecule has 1 fully saturated rings. The van der Waals surface area contributed by atoms with Crippen LogP contribution in [0.25, 0.3) is 10.2 Å². The van der Waals surface area contributed by atoms with Gasteiger partial charge in [0.15, 0.2) is 5.13 Å². The summed E-state index contributed by atoms with van der Waals surface area (Å²) in [5.41, 5.74) is 4.84. The van der Waals surface area contributed by atoms with Crippen molar-refractivity contribution in [3.63, 3.8) is 0 Å². The van der Waals surface area contributed by atoms with Crippen LogP contribution in [0.2, 0.25) is 0 Å². The lowest BCUT2D eigenvalue weighted by Crippen LogP contribution is -2.36. The molecule has 0 bridgehead atoms. The van der Waals surface area contributed by atoms with Crippen LogP contribution in [0.4, 0.5) is 16.5 Å². The van der Waals surface area contributed by atoms with Crippen molar-refractivity contribution in [3.8, 4) is 5.75 Å². The number of carbonyl (C=O) groups excluding carboxylic acids is 1. The van der Waals surface area contributed by atoms with Crippen LogP contribution in [0.15, 0.2) is 66.7 Å². The number of methoxy groups -OCH3 is 1. The molecule has 0 aliphatic carbocycles. The Morgan fingerprint density at radius 2 is 1.83 bits per heavy atom. The zero-order chi connectivity index (χ0) is 24.0. The summed E-state index contributed by atoms with van der Waals surface area (Å²) in [6.45, 7) is 3.95. The summed E-state index contributed by atoms with van der Waals surface area (Å²) in [5, 5.41) is 7.20. The van der Waals surface area contributed by atoms with Gasteiger partial charge in [-0.2, -0.15) is 0 Å². The first kappa shape index (κ1) is 23.1. The standard InChI is InChI=1S/C27H28N4O3S/c1-33-23-9-2-19(3-10-23)12-13-28-26(32)20-4-11-24-25(18-20)35-27(30-24)29-21-5-7-22(8-6-21)31-14-16-34-17-15-31/h2-11,18H,12-17H2,1H3,(H,28,32)(H,29,30). The van der Waals surface area contributed by atoms with E-state index in [1.807, 2.05) is 42.5 Å². The van der Waals surface area contributed by atoms with Crippen LogP contribution >= 0.6 is 11.3 Å². The van der Waals surface area contributed by atoms with Crippen molar-refractivity contribution < 1.29 is 14.3 Å². The van der Waals surface area contributed by atoms with Crippen molar-refractivity contribution in [2.75, 3.05) is 50.2 Å². The van der Waals surface area contributed by atoms with Gasteiger partial charge in [-0.1, -0.05) is 23.5 Å². The van der Waals surface area contributed by atoms with E-state index in [9.17, 15) is 4.79 Å². The summed E-state index contributed by atoms with van der Waals surface area (Å²) in [6.07, 6.45) is 0.761. The van der Waals surface area contributed by atoms with Crippen molar-refractivity contribution in [2.45, 2.75) is 6.42 Å². The minimum atomic E-state index is -0.0815. The molecule has 5 rings (SSSR count). The van der Waals surface area contributed by atoms with Crippen LogP contribution in [0, 0.1) is 0 Å². The monoisotopic (exact) mass is 488 g/mol. The maximum absolute atomic E-state index is 12.7. The van der Waals surface area contributed by atoms with Crippen molar-refractivity contribution in [3.05, 3.63) is 77.9 Å². The number of amides is 1. The van der Waals surface area contributed by atoms with E-state index in [-0.39, 0.29) is 5.91 Å². The Morgan fingerprint density at radius 3 is 2.57 bits per heavy atom. The van der Waals surface area contributed by atoms with E-state index in [0.717, 1.165) is 65.1 Å². The fourth-order valence-electron chi connectivity index (χ4n) is 4.03. The highest BCUT2D eigenvalue weighted by Gasteiger charge is 2.12. The highest BCUT2D eigenvalue weighted by Crippen LogP contribution is 2.30. The Kier molecular flexibility index (Phi) is 7.11. The Labute approximate surface area is 208 Å². The maximum atomic E-state index is 12.7. The van der Waals surface area contributed by atoms with Crippen LogP contribution < -0.4 is 20.3 Å². The lowest BCUT2D eigenvalue weighted by atomic mass is 10.1. The molecule has 4 aromatic rings. The second kappa shape index (κ2) is 10.8. The number of hydrogen-bond acceptors (Lipinski definition) is 7. The fraction of sp³-hybridized carbons (Fsp3) is 0.259. The number of hydrogen-bond donors (Lipinski definition) is 2. The number of carbonyl (C=O) groups is 1. The van der Waals surface area contributed by atoms with E-state index in [4.69, 9.17) is 9.47 Å². The van der Waals surface area contributed by atoms with Gasteiger partial charge in [-0.05, 0) is 66.6 Å². The van der Waals surface area contributed by atoms with Crippen molar-refractivity contribution in [2.24, 2.45) is 0 Å². The topological polar surface area (TPSA) is 75.7 Å². The van der Waals surface area contributed by atoms with Gasteiger partial charge in [0.1, 0.15) is 5.75 Å². The molecule has 180 valence electrons. The highest BCUT2D eigenvalue weighted by atomic mass is 32.1. The number of nitrogens with one attached hydrogen (secondary N) is 2. The molecule has 0 radical (unpaired) electrons. The third-order valence-electron chi connectivity index (χ3n) is 6.00. The molecular formula is C27H28N4O3S. The van der Waals surface area contributed by atoms with Crippen molar-refractivity contribution in [1.29, 1.82) is 0 Å². The first-order chi connectivity index (χ1) is 17.2. The molecule has 2 N–H and O–H groups in total. The van der Waals surface area contributed by atoms with E-state index in [1.165, 1.54) is 17.0 Å². The Hall–Kier alpha value is -3.62. The van der Waals surface area contributed by atoms with Gasteiger partial charge < -0.3 is 25.0 Å². The quantitative estimate of drug-likeness (QED) is 0.369. The third kappa shape index (κ3) is 5.72. The summed E-state index contributed by atoms with van der Waals surface area (Å²) < 4.78 is 11.6. The van der Waals surface area contributed by atoms with Gasteiger partial charge in [-0.25, -0.2) is 4.98 Å². The van der Waals surface area contributed by atoms with Gasteiger partial charge in [0.25, 0.3) is 5.91 Å². The average molecular weight is 489 g/mol. The smallest absolute Gasteiger partial charge is 0.251 e. The van der Waals surface area contributed by atoms with Gasteiger partial charge in [0, 0.05) is 36.6 Å². The summed E-state index contributed by atoms with van der Waals surface area (Å²) >= 11 is 1.54. The van der Waals surface area contributed by atoms with Gasteiger partial charge >= 0.3 is 0 Å². The van der Waals surface area contributed by atoms with Gasteiger partial charge in [-0.15, -0.1) is 0 Å². The predicted octanol–water partition coefficient (Wildman–Crippen LogP) is 4.86. The number of morpholine rings is 1. The highest BCUT2D eigenvalue weighted by molar-refractivity contribution is 7.22. The average Bonchev–Trinajstić information content (AvgIpc) is 3.31. The molecule has 1 aliphatic rings. The van der Waals surface area contributed by atoms with Gasteiger partial charge in [0.05, 0.1) is 30.5 Å².